The highest BCUT2D eigenvalue weighted by molar-refractivity contribution is 9.09. The van der Waals surface area contributed by atoms with Gasteiger partial charge >= 0.3 is 11.9 Å². The van der Waals surface area contributed by atoms with E-state index in [1.807, 2.05) is 0 Å². The zero-order valence-corrected chi connectivity index (χ0v) is 13.8. The van der Waals surface area contributed by atoms with Gasteiger partial charge in [-0.15, -0.1) is 0 Å². The van der Waals surface area contributed by atoms with Crippen molar-refractivity contribution in [2.45, 2.75) is 25.6 Å². The Balaban J connectivity index is 3.58. The van der Waals surface area contributed by atoms with Crippen molar-refractivity contribution in [3.8, 4) is 0 Å². The monoisotopic (exact) mass is 346 g/mol. The maximum absolute atomic E-state index is 12.0. The molecule has 0 aliphatic heterocycles. The van der Waals surface area contributed by atoms with Crippen LogP contribution in [0.2, 0.25) is 0 Å². The molecule has 0 saturated carbocycles. The molecule has 0 aromatic rings. The number of hydrogen-bond donors (Lipinski definition) is 1. The Morgan fingerprint density at radius 3 is 2.20 bits per heavy atom. The third kappa shape index (κ3) is 2.26. The molecular weight excluding hydrogens is 328 g/mol. The van der Waals surface area contributed by atoms with E-state index >= 15 is 0 Å². The summed E-state index contributed by atoms with van der Waals surface area (Å²) >= 11 is 3.37. The van der Waals surface area contributed by atoms with Crippen molar-refractivity contribution < 1.29 is 24.2 Å². The molecule has 0 radical (unpaired) electrons. The van der Waals surface area contributed by atoms with E-state index in [0.29, 0.717) is 5.76 Å². The number of allylic oxidation sites excluding steroid dienone is 2. The maximum atomic E-state index is 12.0. The number of methoxy groups -OCH3 is 2. The predicted octanol–water partition coefficient (Wildman–Crippen LogP) is 2.51. The van der Waals surface area contributed by atoms with Crippen molar-refractivity contribution in [3.05, 3.63) is 23.5 Å². The summed E-state index contributed by atoms with van der Waals surface area (Å²) in [5.74, 6) is -1.32. The largest absolute Gasteiger partial charge is 0.500 e. The molecule has 0 saturated heterocycles. The summed E-state index contributed by atoms with van der Waals surface area (Å²) in [6.45, 7) is 5.38. The molecule has 1 rings (SSSR count). The normalized spacial score (nSPS) is 26.4. The number of alkyl halides is 1. The fraction of sp³-hybridized carbons (Fsp3) is 0.571. The lowest BCUT2D eigenvalue weighted by Crippen LogP contribution is -2.53. The standard InChI is InChI=1S/C14H19BrO5/c1-13(2,3)14(12(17)18)9(19-4)7-6-8(10(14)15)11(16)20-5/h6-7,10H,1-5H3,(H,17,18). The second kappa shape index (κ2) is 5.60. The average Bonchev–Trinajstić information content (AvgIpc) is 2.35. The van der Waals surface area contributed by atoms with Crippen LogP contribution in [0.5, 0.6) is 0 Å². The number of halogens is 1. The van der Waals surface area contributed by atoms with Gasteiger partial charge in [0.05, 0.1) is 24.6 Å². The first-order valence-corrected chi connectivity index (χ1v) is 6.98. The highest BCUT2D eigenvalue weighted by atomic mass is 79.9. The van der Waals surface area contributed by atoms with E-state index in [1.165, 1.54) is 26.4 Å². The predicted molar refractivity (Wildman–Crippen MR) is 77.4 cm³/mol. The summed E-state index contributed by atoms with van der Waals surface area (Å²) in [5, 5.41) is 9.84. The zero-order valence-electron chi connectivity index (χ0n) is 12.2. The second-order valence-corrected chi connectivity index (χ2v) is 6.49. The molecule has 112 valence electrons. The van der Waals surface area contributed by atoms with Gasteiger partial charge in [-0.3, -0.25) is 4.79 Å². The second-order valence-electron chi connectivity index (χ2n) is 5.57. The SMILES string of the molecule is COC(=O)C1=CC=C(OC)C(C(=O)O)(C(C)(C)C)C1Br. The van der Waals surface area contributed by atoms with Gasteiger partial charge in [-0.1, -0.05) is 36.7 Å². The fourth-order valence-corrected chi connectivity index (χ4v) is 3.99. The Labute approximate surface area is 126 Å². The third-order valence-corrected chi connectivity index (χ3v) is 4.80. The van der Waals surface area contributed by atoms with Gasteiger partial charge in [-0.2, -0.15) is 0 Å². The minimum atomic E-state index is -1.40. The molecule has 2 unspecified atom stereocenters. The van der Waals surface area contributed by atoms with E-state index in [2.05, 4.69) is 15.9 Å². The van der Waals surface area contributed by atoms with Crippen molar-refractivity contribution in [2.24, 2.45) is 10.8 Å². The van der Waals surface area contributed by atoms with Gasteiger partial charge in [0, 0.05) is 0 Å². The Bertz CT molecular complexity index is 486. The fourth-order valence-electron chi connectivity index (χ4n) is 2.54. The molecular formula is C14H19BrO5. The topological polar surface area (TPSA) is 72.8 Å². The van der Waals surface area contributed by atoms with Crippen LogP contribution >= 0.6 is 15.9 Å². The molecule has 0 fully saturated rings. The van der Waals surface area contributed by atoms with Crippen LogP contribution in [0, 0.1) is 10.8 Å². The van der Waals surface area contributed by atoms with Crippen LogP contribution in [0.25, 0.3) is 0 Å². The van der Waals surface area contributed by atoms with Crippen molar-refractivity contribution >= 4 is 27.9 Å². The maximum Gasteiger partial charge on any atom is 0.334 e. The van der Waals surface area contributed by atoms with Gasteiger partial charge in [0.2, 0.25) is 0 Å². The van der Waals surface area contributed by atoms with Crippen LogP contribution < -0.4 is 0 Å². The summed E-state index contributed by atoms with van der Waals surface area (Å²) in [4.78, 5) is 23.1. The summed E-state index contributed by atoms with van der Waals surface area (Å²) in [7, 11) is 2.68. The lowest BCUT2D eigenvalue weighted by Gasteiger charge is -2.46. The van der Waals surface area contributed by atoms with Crippen molar-refractivity contribution in [2.75, 3.05) is 14.2 Å². The molecule has 0 aromatic heterocycles. The number of carbonyl (C=O) groups excluding carboxylic acids is 1. The molecule has 1 aliphatic rings. The van der Waals surface area contributed by atoms with Gasteiger partial charge in [0.15, 0.2) is 0 Å². The van der Waals surface area contributed by atoms with Gasteiger partial charge < -0.3 is 14.6 Å². The Morgan fingerprint density at radius 2 is 1.85 bits per heavy atom. The first-order valence-electron chi connectivity index (χ1n) is 6.06. The molecule has 6 heteroatoms. The van der Waals surface area contributed by atoms with E-state index in [-0.39, 0.29) is 5.57 Å². The van der Waals surface area contributed by atoms with Crippen LogP contribution in [-0.2, 0) is 19.1 Å². The number of rotatable bonds is 3. The van der Waals surface area contributed by atoms with Crippen molar-refractivity contribution in [1.29, 1.82) is 0 Å². The molecule has 1 N–H and O–H groups in total. The number of carboxylic acid groups (broad SMARTS) is 1. The molecule has 0 amide bonds. The molecule has 0 heterocycles. The van der Waals surface area contributed by atoms with Gasteiger partial charge in [-0.25, -0.2) is 4.79 Å². The first-order chi connectivity index (χ1) is 9.14. The minimum Gasteiger partial charge on any atom is -0.500 e. The highest BCUT2D eigenvalue weighted by Crippen LogP contribution is 2.54. The van der Waals surface area contributed by atoms with Gasteiger partial charge in [-0.05, 0) is 17.6 Å². The third-order valence-electron chi connectivity index (χ3n) is 3.62. The van der Waals surface area contributed by atoms with E-state index in [1.54, 1.807) is 20.8 Å². The Hall–Kier alpha value is -1.30. The smallest absolute Gasteiger partial charge is 0.334 e. The van der Waals surface area contributed by atoms with E-state index in [9.17, 15) is 14.7 Å². The van der Waals surface area contributed by atoms with Crippen LogP contribution in [0.4, 0.5) is 0 Å². The van der Waals surface area contributed by atoms with Crippen LogP contribution in [-0.4, -0.2) is 36.1 Å². The first kappa shape index (κ1) is 16.8. The molecule has 20 heavy (non-hydrogen) atoms. The van der Waals surface area contributed by atoms with E-state index in [0.717, 1.165) is 0 Å². The number of carbonyl (C=O) groups is 2. The summed E-state index contributed by atoms with van der Waals surface area (Å²) < 4.78 is 10.00. The summed E-state index contributed by atoms with van der Waals surface area (Å²) in [5.41, 5.74) is -1.84. The van der Waals surface area contributed by atoms with E-state index < -0.39 is 27.6 Å². The summed E-state index contributed by atoms with van der Waals surface area (Å²) in [6.07, 6.45) is 3.04. The Morgan fingerprint density at radius 1 is 1.30 bits per heavy atom. The average molecular weight is 347 g/mol. The van der Waals surface area contributed by atoms with Crippen molar-refractivity contribution in [3.63, 3.8) is 0 Å². The molecule has 0 spiro atoms. The number of hydrogen-bond acceptors (Lipinski definition) is 4. The van der Waals surface area contributed by atoms with Crippen LogP contribution in [0.15, 0.2) is 23.5 Å². The minimum absolute atomic E-state index is 0.255. The number of ether oxygens (including phenoxy) is 2. The van der Waals surface area contributed by atoms with Crippen LogP contribution in [0.3, 0.4) is 0 Å². The van der Waals surface area contributed by atoms with E-state index in [4.69, 9.17) is 9.47 Å². The quantitative estimate of drug-likeness (QED) is 0.627. The van der Waals surface area contributed by atoms with Gasteiger partial charge in [0.25, 0.3) is 0 Å². The number of carboxylic acids is 1. The molecule has 0 bridgehead atoms. The molecule has 5 nitrogen and oxygen atoms in total. The molecule has 2 atom stereocenters. The lowest BCUT2D eigenvalue weighted by atomic mass is 9.60. The highest BCUT2D eigenvalue weighted by Gasteiger charge is 2.60. The lowest BCUT2D eigenvalue weighted by molar-refractivity contribution is -0.155. The van der Waals surface area contributed by atoms with Crippen molar-refractivity contribution in [1.82, 2.24) is 0 Å². The number of esters is 1. The zero-order chi connectivity index (χ0) is 15.7. The molecule has 0 aromatic carbocycles. The summed E-state index contributed by atoms with van der Waals surface area (Å²) in [6, 6.07) is 0. The van der Waals surface area contributed by atoms with Gasteiger partial charge in [0.1, 0.15) is 11.2 Å². The molecule has 1 aliphatic carbocycles. The van der Waals surface area contributed by atoms with Crippen LogP contribution in [0.1, 0.15) is 20.8 Å². The Kier molecular flexibility index (Phi) is 4.69. The number of aliphatic carboxylic acids is 1.